The SMILES string of the molecule is CC(=O)Cc1ccc(C)c(CC(=O)Cc2c(F)c(F)c(C(F)(F)F)c(F)c2F)c1. The van der Waals surface area contributed by atoms with Gasteiger partial charge in [0.05, 0.1) is 0 Å². The van der Waals surface area contributed by atoms with Crippen LogP contribution in [0.2, 0.25) is 0 Å². The Morgan fingerprint density at radius 1 is 0.862 bits per heavy atom. The zero-order chi connectivity index (χ0) is 22.1. The minimum Gasteiger partial charge on any atom is -0.300 e. The maximum Gasteiger partial charge on any atom is 0.422 e. The van der Waals surface area contributed by atoms with Gasteiger partial charge in [-0.05, 0) is 30.5 Å². The highest BCUT2D eigenvalue weighted by molar-refractivity contribution is 5.84. The predicted molar refractivity (Wildman–Crippen MR) is 89.3 cm³/mol. The van der Waals surface area contributed by atoms with Crippen molar-refractivity contribution in [3.05, 3.63) is 69.3 Å². The average molecular weight is 420 g/mol. The molecule has 0 spiro atoms. The van der Waals surface area contributed by atoms with Crippen molar-refractivity contribution < 1.29 is 40.3 Å². The largest absolute Gasteiger partial charge is 0.422 e. The molecule has 0 aromatic heterocycles. The molecule has 29 heavy (non-hydrogen) atoms. The first-order valence-electron chi connectivity index (χ1n) is 8.34. The van der Waals surface area contributed by atoms with Crippen LogP contribution in [-0.2, 0) is 35.0 Å². The molecule has 0 atom stereocenters. The molecule has 2 aromatic rings. The standard InChI is InChI=1S/C20H15F7O2/c1-9-3-4-11(5-10(2)28)6-12(9)7-13(29)8-14-16(21)18(23)15(20(25,26)27)19(24)17(14)22/h3-4,6H,5,7-8H2,1-2H3. The highest BCUT2D eigenvalue weighted by Crippen LogP contribution is 2.37. The van der Waals surface area contributed by atoms with Crippen molar-refractivity contribution in [1.29, 1.82) is 0 Å². The Bertz CT molecular complexity index is 949. The monoisotopic (exact) mass is 420 g/mol. The molecule has 0 heterocycles. The van der Waals surface area contributed by atoms with E-state index in [1.807, 2.05) is 0 Å². The van der Waals surface area contributed by atoms with Crippen molar-refractivity contribution in [3.8, 4) is 0 Å². The van der Waals surface area contributed by atoms with Gasteiger partial charge < -0.3 is 0 Å². The van der Waals surface area contributed by atoms with E-state index in [-0.39, 0.29) is 18.6 Å². The predicted octanol–water partition coefficient (Wildman–Crippen LogP) is 5.06. The lowest BCUT2D eigenvalue weighted by molar-refractivity contribution is -0.143. The van der Waals surface area contributed by atoms with E-state index in [0.717, 1.165) is 0 Å². The van der Waals surface area contributed by atoms with Gasteiger partial charge in [-0.25, -0.2) is 17.6 Å². The summed E-state index contributed by atoms with van der Waals surface area (Å²) in [5.74, 6) is -10.7. The highest BCUT2D eigenvalue weighted by atomic mass is 19.4. The summed E-state index contributed by atoms with van der Waals surface area (Å²) >= 11 is 0. The highest BCUT2D eigenvalue weighted by Gasteiger charge is 2.42. The number of rotatable bonds is 6. The van der Waals surface area contributed by atoms with Crippen molar-refractivity contribution in [2.45, 2.75) is 39.3 Å². The molecule has 0 amide bonds. The molecular weight excluding hydrogens is 405 g/mol. The zero-order valence-corrected chi connectivity index (χ0v) is 15.3. The van der Waals surface area contributed by atoms with Crippen LogP contribution in [0, 0.1) is 30.2 Å². The maximum atomic E-state index is 13.9. The Balaban J connectivity index is 2.34. The van der Waals surface area contributed by atoms with Gasteiger partial charge in [0.15, 0.2) is 23.3 Å². The second kappa shape index (κ2) is 8.34. The lowest BCUT2D eigenvalue weighted by Crippen LogP contribution is -2.19. The van der Waals surface area contributed by atoms with Gasteiger partial charge in [0.1, 0.15) is 17.1 Å². The number of hydrogen-bond donors (Lipinski definition) is 0. The fraction of sp³-hybridized carbons (Fsp3) is 0.300. The zero-order valence-electron chi connectivity index (χ0n) is 15.3. The molecule has 0 bridgehead atoms. The van der Waals surface area contributed by atoms with E-state index < -0.39 is 52.8 Å². The first-order valence-corrected chi connectivity index (χ1v) is 8.34. The quantitative estimate of drug-likeness (QED) is 0.484. The molecular formula is C20H15F7O2. The van der Waals surface area contributed by atoms with Gasteiger partial charge in [0, 0.05) is 24.8 Å². The van der Waals surface area contributed by atoms with Crippen LogP contribution >= 0.6 is 0 Å². The normalized spacial score (nSPS) is 11.6. The van der Waals surface area contributed by atoms with Crippen LogP contribution in [0.25, 0.3) is 0 Å². The molecule has 0 aliphatic heterocycles. The molecule has 0 saturated heterocycles. The van der Waals surface area contributed by atoms with Gasteiger partial charge in [-0.2, -0.15) is 13.2 Å². The van der Waals surface area contributed by atoms with Crippen molar-refractivity contribution in [1.82, 2.24) is 0 Å². The summed E-state index contributed by atoms with van der Waals surface area (Å²) in [6.07, 6.45) is -7.08. The summed E-state index contributed by atoms with van der Waals surface area (Å²) in [5, 5.41) is 0. The molecule has 156 valence electrons. The van der Waals surface area contributed by atoms with E-state index in [2.05, 4.69) is 0 Å². The third-order valence-electron chi connectivity index (χ3n) is 4.27. The first-order chi connectivity index (χ1) is 13.3. The van der Waals surface area contributed by atoms with E-state index in [0.29, 0.717) is 16.7 Å². The summed E-state index contributed by atoms with van der Waals surface area (Å²) in [7, 11) is 0. The number of Topliss-reactive ketones (excluding diaryl/α,β-unsaturated/α-hetero) is 2. The molecule has 0 radical (unpaired) electrons. The molecule has 2 nitrogen and oxygen atoms in total. The number of aryl methyl sites for hydroxylation is 1. The molecule has 0 aliphatic rings. The van der Waals surface area contributed by atoms with Gasteiger partial charge in [-0.3, -0.25) is 9.59 Å². The summed E-state index contributed by atoms with van der Waals surface area (Å²) < 4.78 is 93.1. The van der Waals surface area contributed by atoms with Crippen LogP contribution < -0.4 is 0 Å². The van der Waals surface area contributed by atoms with Crippen LogP contribution in [0.4, 0.5) is 30.7 Å². The van der Waals surface area contributed by atoms with E-state index in [1.54, 1.807) is 19.1 Å². The number of ketones is 2. The Labute approximate surface area is 161 Å². The van der Waals surface area contributed by atoms with E-state index >= 15 is 0 Å². The molecule has 0 aliphatic carbocycles. The molecule has 2 rings (SSSR count). The molecule has 0 unspecified atom stereocenters. The number of hydrogen-bond acceptors (Lipinski definition) is 2. The van der Waals surface area contributed by atoms with Gasteiger partial charge >= 0.3 is 6.18 Å². The maximum absolute atomic E-state index is 13.9. The summed E-state index contributed by atoms with van der Waals surface area (Å²) in [5.41, 5.74) is -2.46. The summed E-state index contributed by atoms with van der Waals surface area (Å²) in [6, 6.07) is 4.82. The third kappa shape index (κ3) is 5.02. The minimum absolute atomic E-state index is 0.0973. The van der Waals surface area contributed by atoms with Gasteiger partial charge in [0.25, 0.3) is 0 Å². The van der Waals surface area contributed by atoms with Crippen molar-refractivity contribution in [2.24, 2.45) is 0 Å². The summed E-state index contributed by atoms with van der Waals surface area (Å²) in [4.78, 5) is 23.4. The number of carbonyl (C=O) groups excluding carboxylic acids is 2. The lowest BCUT2D eigenvalue weighted by Gasteiger charge is -2.14. The van der Waals surface area contributed by atoms with Gasteiger partial charge in [-0.15, -0.1) is 0 Å². The topological polar surface area (TPSA) is 34.1 Å². The van der Waals surface area contributed by atoms with Crippen LogP contribution in [0.5, 0.6) is 0 Å². The molecule has 2 aromatic carbocycles. The number of alkyl halides is 3. The minimum atomic E-state index is -5.65. The molecule has 9 heteroatoms. The lowest BCUT2D eigenvalue weighted by atomic mass is 9.95. The van der Waals surface area contributed by atoms with Crippen LogP contribution in [0.1, 0.15) is 34.7 Å². The number of benzene rings is 2. The van der Waals surface area contributed by atoms with E-state index in [9.17, 15) is 40.3 Å². The van der Waals surface area contributed by atoms with Gasteiger partial charge in [-0.1, -0.05) is 18.2 Å². The Morgan fingerprint density at radius 3 is 1.90 bits per heavy atom. The average Bonchev–Trinajstić information content (AvgIpc) is 2.58. The van der Waals surface area contributed by atoms with E-state index in [1.165, 1.54) is 13.0 Å². The molecule has 0 fully saturated rings. The smallest absolute Gasteiger partial charge is 0.300 e. The first kappa shape index (κ1) is 22.6. The van der Waals surface area contributed by atoms with Gasteiger partial charge in [0.2, 0.25) is 0 Å². The third-order valence-corrected chi connectivity index (χ3v) is 4.27. The fourth-order valence-electron chi connectivity index (χ4n) is 2.87. The summed E-state index contributed by atoms with van der Waals surface area (Å²) in [6.45, 7) is 3.00. The van der Waals surface area contributed by atoms with Crippen LogP contribution in [0.15, 0.2) is 18.2 Å². The Hall–Kier alpha value is -2.71. The number of halogens is 7. The van der Waals surface area contributed by atoms with Crippen molar-refractivity contribution in [3.63, 3.8) is 0 Å². The van der Waals surface area contributed by atoms with Crippen LogP contribution in [0.3, 0.4) is 0 Å². The van der Waals surface area contributed by atoms with Crippen molar-refractivity contribution in [2.75, 3.05) is 0 Å². The molecule has 0 saturated carbocycles. The van der Waals surface area contributed by atoms with Crippen LogP contribution in [-0.4, -0.2) is 11.6 Å². The Morgan fingerprint density at radius 2 is 1.41 bits per heavy atom. The van der Waals surface area contributed by atoms with Crippen molar-refractivity contribution >= 4 is 11.6 Å². The second-order valence-corrected chi connectivity index (χ2v) is 6.64. The molecule has 0 N–H and O–H groups in total. The Kier molecular flexibility index (Phi) is 6.50. The number of carbonyl (C=O) groups is 2. The second-order valence-electron chi connectivity index (χ2n) is 6.64. The van der Waals surface area contributed by atoms with E-state index in [4.69, 9.17) is 0 Å². The fourth-order valence-corrected chi connectivity index (χ4v) is 2.87.